The molecule has 49 heavy (non-hydrogen) atoms. The Labute approximate surface area is 303 Å². The number of phosphoric ester groups is 1. The fourth-order valence-electron chi connectivity index (χ4n) is 5.62. The van der Waals surface area contributed by atoms with E-state index in [1.54, 1.807) is 0 Å². The number of carbonyl (C=O) groups is 2. The molecule has 0 amide bonds. The van der Waals surface area contributed by atoms with Gasteiger partial charge in [0, 0.05) is 14.3 Å². The van der Waals surface area contributed by atoms with Crippen molar-refractivity contribution in [1.82, 2.24) is 6.15 Å². The maximum absolute atomic E-state index is 12.5. The standard InChI is InChI=1S/C39H75O8P.H3N.H2/c1-4-7-9-11-13-15-17-19-20-22-24-26-28-30-32-34-39(41)47-37(36-46-48(42,43)45-6-3)35-44-38(40)33-31-29-27-25-23-21-18-16-14-12-10-8-5-2;;/h19-20,37H,4-18,21-36H2,1-3H3,(H,42,43);1H3;1H/b20-19-;;/t37-;;/m1../s1. The van der Waals surface area contributed by atoms with E-state index in [-0.39, 0.29) is 39.6 Å². The molecule has 1 unspecified atom stereocenters. The predicted octanol–water partition coefficient (Wildman–Crippen LogP) is 12.1. The molecule has 0 saturated heterocycles. The molecular formula is C39H80NO8P. The van der Waals surface area contributed by atoms with E-state index in [1.165, 1.54) is 116 Å². The van der Waals surface area contributed by atoms with Gasteiger partial charge in [0.1, 0.15) is 6.61 Å². The van der Waals surface area contributed by atoms with Crippen molar-refractivity contribution >= 4 is 19.8 Å². The van der Waals surface area contributed by atoms with Crippen LogP contribution in [0.1, 0.15) is 202 Å². The highest BCUT2D eigenvalue weighted by atomic mass is 31.2. The summed E-state index contributed by atoms with van der Waals surface area (Å²) < 4.78 is 32.2. The van der Waals surface area contributed by atoms with Crippen LogP contribution in [0.5, 0.6) is 0 Å². The molecule has 0 aromatic rings. The molecule has 0 saturated carbocycles. The molecule has 0 aliphatic heterocycles. The number of phosphoric acid groups is 1. The van der Waals surface area contributed by atoms with E-state index in [0.717, 1.165) is 51.4 Å². The smallest absolute Gasteiger partial charge is 0.306 e. The van der Waals surface area contributed by atoms with Crippen LogP contribution in [-0.4, -0.2) is 37.9 Å². The van der Waals surface area contributed by atoms with Crippen LogP contribution in [-0.2, 0) is 32.7 Å². The minimum atomic E-state index is -4.52. The van der Waals surface area contributed by atoms with Crippen LogP contribution in [0.25, 0.3) is 0 Å². The zero-order valence-electron chi connectivity index (χ0n) is 32.4. The highest BCUT2D eigenvalue weighted by Crippen LogP contribution is 2.38. The molecule has 0 rings (SSSR count). The zero-order chi connectivity index (χ0) is 35.4. The molecule has 0 aliphatic carbocycles. The Morgan fingerprint density at radius 3 is 1.39 bits per heavy atom. The van der Waals surface area contributed by atoms with Gasteiger partial charge in [0.05, 0.1) is 13.2 Å². The van der Waals surface area contributed by atoms with Crippen LogP contribution in [0.2, 0.25) is 0 Å². The Balaban J connectivity index is -0.0000110. The minimum absolute atomic E-state index is 0. The maximum Gasteiger partial charge on any atom is 0.306 e. The second-order valence-corrected chi connectivity index (χ2v) is 14.7. The molecule has 0 fully saturated rings. The number of carbonyl (C=O) groups excluding carboxylic acids is 2. The van der Waals surface area contributed by atoms with Gasteiger partial charge < -0.3 is 29.6 Å². The van der Waals surface area contributed by atoms with Gasteiger partial charge in [-0.25, -0.2) is 0 Å². The molecule has 294 valence electrons. The number of unbranched alkanes of at least 4 members (excludes halogenated alkanes) is 23. The summed E-state index contributed by atoms with van der Waals surface area (Å²) in [6.07, 6.45) is 35.2. The summed E-state index contributed by atoms with van der Waals surface area (Å²) >= 11 is 0. The van der Waals surface area contributed by atoms with E-state index in [9.17, 15) is 19.0 Å². The van der Waals surface area contributed by atoms with Crippen molar-refractivity contribution in [1.29, 1.82) is 0 Å². The van der Waals surface area contributed by atoms with E-state index < -0.39 is 26.5 Å². The largest absolute Gasteiger partial charge is 0.756 e. The number of ether oxygens (including phenoxy) is 2. The lowest BCUT2D eigenvalue weighted by Gasteiger charge is -2.25. The third-order valence-corrected chi connectivity index (χ3v) is 9.60. The Bertz CT molecular complexity index is 817. The number of rotatable bonds is 37. The Morgan fingerprint density at radius 2 is 0.959 bits per heavy atom. The quantitative estimate of drug-likeness (QED) is 0.0288. The SMILES string of the molecule is CCCCCCCC/C=C\CCCCCCCC(=O)O[C@H](COC(=O)CCCCCCCCCCCCCCC)COP(=O)([O-])OCC.[HH].[NH4+]. The third kappa shape index (κ3) is 37.8. The Kier molecular flexibility index (Phi) is 38.7. The van der Waals surface area contributed by atoms with Gasteiger partial charge >= 0.3 is 11.9 Å². The second kappa shape index (κ2) is 38.0. The van der Waals surface area contributed by atoms with Gasteiger partial charge in [-0.3, -0.25) is 14.2 Å². The lowest BCUT2D eigenvalue weighted by Crippen LogP contribution is -2.30. The number of esters is 2. The molecule has 0 spiro atoms. The number of hydrogen-bond acceptors (Lipinski definition) is 8. The fourth-order valence-corrected chi connectivity index (χ4v) is 6.36. The lowest BCUT2D eigenvalue weighted by molar-refractivity contribution is -0.228. The van der Waals surface area contributed by atoms with Crippen LogP contribution in [0, 0.1) is 0 Å². The van der Waals surface area contributed by atoms with Crippen molar-refractivity contribution in [2.75, 3.05) is 19.8 Å². The summed E-state index contributed by atoms with van der Waals surface area (Å²) in [4.78, 5) is 36.7. The average Bonchev–Trinajstić information content (AvgIpc) is 3.06. The first-order valence-electron chi connectivity index (χ1n) is 19.9. The van der Waals surface area contributed by atoms with Crippen molar-refractivity contribution in [2.45, 2.75) is 207 Å². The molecule has 9 nitrogen and oxygen atoms in total. The Morgan fingerprint density at radius 1 is 0.571 bits per heavy atom. The molecule has 0 heterocycles. The normalized spacial score (nSPS) is 13.2. The summed E-state index contributed by atoms with van der Waals surface area (Å²) in [5.74, 6) is -0.836. The molecule has 0 aliphatic rings. The van der Waals surface area contributed by atoms with Crippen molar-refractivity contribution in [3.8, 4) is 0 Å². The molecule has 0 aromatic carbocycles. The third-order valence-electron chi connectivity index (χ3n) is 8.56. The summed E-state index contributed by atoms with van der Waals surface area (Å²) in [6, 6.07) is 0. The zero-order valence-corrected chi connectivity index (χ0v) is 33.3. The summed E-state index contributed by atoms with van der Waals surface area (Å²) in [7, 11) is -4.52. The lowest BCUT2D eigenvalue weighted by atomic mass is 10.0. The van der Waals surface area contributed by atoms with Gasteiger partial charge in [-0.05, 0) is 45.4 Å². The first kappa shape index (κ1) is 49.9. The van der Waals surface area contributed by atoms with Gasteiger partial charge in [0.15, 0.2) is 6.10 Å². The summed E-state index contributed by atoms with van der Waals surface area (Å²) in [6.45, 7) is 5.27. The van der Waals surface area contributed by atoms with E-state index >= 15 is 0 Å². The number of quaternary nitrogens is 1. The summed E-state index contributed by atoms with van der Waals surface area (Å²) in [5.41, 5.74) is 0. The second-order valence-electron chi connectivity index (χ2n) is 13.3. The van der Waals surface area contributed by atoms with Crippen LogP contribution in [0.3, 0.4) is 0 Å². The van der Waals surface area contributed by atoms with E-state index in [4.69, 9.17) is 14.0 Å². The van der Waals surface area contributed by atoms with Crippen LogP contribution in [0.4, 0.5) is 0 Å². The minimum Gasteiger partial charge on any atom is -0.756 e. The van der Waals surface area contributed by atoms with Crippen molar-refractivity contribution in [3.05, 3.63) is 12.2 Å². The van der Waals surface area contributed by atoms with Crippen molar-refractivity contribution in [2.24, 2.45) is 0 Å². The first-order chi connectivity index (χ1) is 23.3. The van der Waals surface area contributed by atoms with Gasteiger partial charge in [-0.1, -0.05) is 154 Å². The number of allylic oxidation sites excluding steroid dienone is 2. The van der Waals surface area contributed by atoms with Crippen LogP contribution < -0.4 is 11.0 Å². The monoisotopic (exact) mass is 722 g/mol. The summed E-state index contributed by atoms with van der Waals surface area (Å²) in [5, 5.41) is 0. The van der Waals surface area contributed by atoms with Crippen molar-refractivity contribution in [3.63, 3.8) is 0 Å². The molecule has 0 aromatic heterocycles. The van der Waals surface area contributed by atoms with Gasteiger partial charge in [-0.2, -0.15) is 0 Å². The van der Waals surface area contributed by atoms with E-state index in [2.05, 4.69) is 30.5 Å². The van der Waals surface area contributed by atoms with Gasteiger partial charge in [0.2, 0.25) is 0 Å². The maximum atomic E-state index is 12.5. The highest BCUT2D eigenvalue weighted by Gasteiger charge is 2.20. The van der Waals surface area contributed by atoms with Gasteiger partial charge in [0.25, 0.3) is 7.82 Å². The molecule has 0 bridgehead atoms. The molecule has 4 N–H and O–H groups in total. The van der Waals surface area contributed by atoms with Crippen molar-refractivity contribution < 1.29 is 39.0 Å². The van der Waals surface area contributed by atoms with Crippen LogP contribution in [0.15, 0.2) is 12.2 Å². The fraction of sp³-hybridized carbons (Fsp3) is 0.897. The first-order valence-corrected chi connectivity index (χ1v) is 21.4. The average molecular weight is 722 g/mol. The Hall–Kier alpha value is -1.25. The molecule has 0 radical (unpaired) electrons. The number of hydrogen-bond donors (Lipinski definition) is 1. The van der Waals surface area contributed by atoms with Gasteiger partial charge in [-0.15, -0.1) is 0 Å². The van der Waals surface area contributed by atoms with E-state index in [1.807, 2.05) is 0 Å². The predicted molar refractivity (Wildman–Crippen MR) is 204 cm³/mol. The van der Waals surface area contributed by atoms with E-state index in [0.29, 0.717) is 6.42 Å². The topological polar surface area (TPSA) is 148 Å². The molecule has 10 heteroatoms. The molecule has 2 atom stereocenters. The highest BCUT2D eigenvalue weighted by molar-refractivity contribution is 7.45. The van der Waals surface area contributed by atoms with Crippen LogP contribution >= 0.6 is 7.82 Å². The molecular weight excluding hydrogens is 641 g/mol.